The summed E-state index contributed by atoms with van der Waals surface area (Å²) >= 11 is 0. The van der Waals surface area contributed by atoms with Gasteiger partial charge in [0.1, 0.15) is 5.75 Å². The molecule has 1 aromatic rings. The second kappa shape index (κ2) is 4.78. The van der Waals surface area contributed by atoms with Crippen LogP contribution in [-0.4, -0.2) is 17.7 Å². The van der Waals surface area contributed by atoms with Gasteiger partial charge in [0, 0.05) is 5.92 Å². The Bertz CT molecular complexity index is 394. The Hall–Kier alpha value is -1.51. The lowest BCUT2D eigenvalue weighted by atomic mass is 10.0. The molecule has 0 heterocycles. The van der Waals surface area contributed by atoms with Crippen molar-refractivity contribution in [1.82, 2.24) is 0 Å². The Morgan fingerprint density at radius 3 is 2.53 bits per heavy atom. The fraction of sp³-hybridized carbons (Fsp3) is 0.500. The highest BCUT2D eigenvalue weighted by atomic mass is 16.5. The predicted molar refractivity (Wildman–Crippen MR) is 65.3 cm³/mol. The number of ether oxygens (including phenoxy) is 1. The van der Waals surface area contributed by atoms with Gasteiger partial charge >= 0.3 is 5.97 Å². The molecule has 0 unspecified atom stereocenters. The Morgan fingerprint density at radius 1 is 1.41 bits per heavy atom. The van der Waals surface area contributed by atoms with Gasteiger partial charge < -0.3 is 9.84 Å². The van der Waals surface area contributed by atoms with Crippen LogP contribution in [0.25, 0.3) is 0 Å². The van der Waals surface area contributed by atoms with Crippen molar-refractivity contribution in [3.8, 4) is 5.75 Å². The first-order chi connectivity index (χ1) is 8.08. The van der Waals surface area contributed by atoms with Gasteiger partial charge in [0.05, 0.1) is 12.5 Å². The van der Waals surface area contributed by atoms with E-state index in [4.69, 9.17) is 9.84 Å². The molecule has 1 N–H and O–H groups in total. The first-order valence-electron chi connectivity index (χ1n) is 6.03. The summed E-state index contributed by atoms with van der Waals surface area (Å²) < 4.78 is 5.58. The fourth-order valence-corrected chi connectivity index (χ4v) is 1.89. The topological polar surface area (TPSA) is 46.5 Å². The second-order valence-electron chi connectivity index (χ2n) is 4.98. The SMILES string of the molecule is CC(C)c1ccc(OC[C@@H]2C[C@H]2C(=O)O)cc1. The first kappa shape index (κ1) is 12.0. The molecule has 1 aromatic carbocycles. The largest absolute Gasteiger partial charge is 0.493 e. The Labute approximate surface area is 101 Å². The van der Waals surface area contributed by atoms with Gasteiger partial charge in [0.15, 0.2) is 0 Å². The van der Waals surface area contributed by atoms with Crippen LogP contribution in [0.4, 0.5) is 0 Å². The molecule has 0 aromatic heterocycles. The van der Waals surface area contributed by atoms with E-state index in [1.807, 2.05) is 12.1 Å². The number of hydrogen-bond acceptors (Lipinski definition) is 2. The highest BCUT2D eigenvalue weighted by molar-refractivity contribution is 5.73. The maximum atomic E-state index is 10.6. The molecule has 3 heteroatoms. The van der Waals surface area contributed by atoms with Crippen molar-refractivity contribution in [2.45, 2.75) is 26.2 Å². The minimum absolute atomic E-state index is 0.190. The minimum Gasteiger partial charge on any atom is -0.493 e. The maximum Gasteiger partial charge on any atom is 0.306 e. The lowest BCUT2D eigenvalue weighted by Gasteiger charge is -2.08. The van der Waals surface area contributed by atoms with E-state index in [2.05, 4.69) is 26.0 Å². The monoisotopic (exact) mass is 234 g/mol. The van der Waals surface area contributed by atoms with Crippen molar-refractivity contribution in [1.29, 1.82) is 0 Å². The normalized spacial score (nSPS) is 22.5. The fourth-order valence-electron chi connectivity index (χ4n) is 1.89. The lowest BCUT2D eigenvalue weighted by molar-refractivity contribution is -0.138. The van der Waals surface area contributed by atoms with Crippen molar-refractivity contribution in [2.24, 2.45) is 11.8 Å². The summed E-state index contributed by atoms with van der Waals surface area (Å²) in [5, 5.41) is 8.76. The lowest BCUT2D eigenvalue weighted by Crippen LogP contribution is -2.06. The number of hydrogen-bond donors (Lipinski definition) is 1. The van der Waals surface area contributed by atoms with Crippen molar-refractivity contribution < 1.29 is 14.6 Å². The van der Waals surface area contributed by atoms with E-state index in [0.29, 0.717) is 12.5 Å². The number of rotatable bonds is 5. The van der Waals surface area contributed by atoms with Crippen LogP contribution in [0.5, 0.6) is 5.75 Å². The van der Waals surface area contributed by atoms with Gasteiger partial charge in [0.25, 0.3) is 0 Å². The average molecular weight is 234 g/mol. The van der Waals surface area contributed by atoms with Gasteiger partial charge in [-0.15, -0.1) is 0 Å². The molecule has 0 amide bonds. The van der Waals surface area contributed by atoms with Gasteiger partial charge in [0.2, 0.25) is 0 Å². The maximum absolute atomic E-state index is 10.6. The minimum atomic E-state index is -0.700. The molecule has 1 fully saturated rings. The molecule has 1 aliphatic rings. The number of benzene rings is 1. The van der Waals surface area contributed by atoms with Gasteiger partial charge in [-0.25, -0.2) is 0 Å². The third kappa shape index (κ3) is 2.99. The molecule has 0 saturated heterocycles. The van der Waals surface area contributed by atoms with Gasteiger partial charge in [-0.1, -0.05) is 26.0 Å². The van der Waals surface area contributed by atoms with Crippen LogP contribution in [0, 0.1) is 11.8 Å². The molecule has 2 atom stereocenters. The van der Waals surface area contributed by atoms with Gasteiger partial charge in [-0.3, -0.25) is 4.79 Å². The van der Waals surface area contributed by atoms with Crippen molar-refractivity contribution in [2.75, 3.05) is 6.61 Å². The van der Waals surface area contributed by atoms with E-state index in [1.165, 1.54) is 5.56 Å². The Balaban J connectivity index is 1.82. The van der Waals surface area contributed by atoms with Crippen LogP contribution in [0.2, 0.25) is 0 Å². The Kier molecular flexibility index (Phi) is 3.36. The molecule has 17 heavy (non-hydrogen) atoms. The van der Waals surface area contributed by atoms with Gasteiger partial charge in [-0.05, 0) is 30.0 Å². The summed E-state index contributed by atoms with van der Waals surface area (Å²) in [4.78, 5) is 10.6. The van der Waals surface area contributed by atoms with E-state index in [0.717, 1.165) is 12.2 Å². The first-order valence-corrected chi connectivity index (χ1v) is 6.03. The predicted octanol–water partition coefficient (Wildman–Crippen LogP) is 2.91. The number of carboxylic acid groups (broad SMARTS) is 1. The summed E-state index contributed by atoms with van der Waals surface area (Å²) in [6.07, 6.45) is 0.749. The third-order valence-corrected chi connectivity index (χ3v) is 3.25. The van der Waals surface area contributed by atoms with E-state index < -0.39 is 5.97 Å². The van der Waals surface area contributed by atoms with Crippen molar-refractivity contribution >= 4 is 5.97 Å². The van der Waals surface area contributed by atoms with Crippen LogP contribution in [0.15, 0.2) is 24.3 Å². The quantitative estimate of drug-likeness (QED) is 0.852. The zero-order valence-corrected chi connectivity index (χ0v) is 10.2. The zero-order valence-electron chi connectivity index (χ0n) is 10.2. The molecule has 0 spiro atoms. The molecule has 0 radical (unpaired) electrons. The summed E-state index contributed by atoms with van der Waals surface area (Å²) in [6, 6.07) is 8.02. The second-order valence-corrected chi connectivity index (χ2v) is 4.98. The molecule has 0 bridgehead atoms. The molecule has 1 saturated carbocycles. The zero-order chi connectivity index (χ0) is 12.4. The highest BCUT2D eigenvalue weighted by Crippen LogP contribution is 2.38. The number of carbonyl (C=O) groups is 1. The standard InChI is InChI=1S/C14H18O3/c1-9(2)10-3-5-12(6-4-10)17-8-11-7-13(11)14(15)16/h3-6,9,11,13H,7-8H2,1-2H3,(H,15,16)/t11-,13+/m0/s1. The molecule has 1 aliphatic carbocycles. The molecule has 3 nitrogen and oxygen atoms in total. The number of aliphatic carboxylic acids is 1. The van der Waals surface area contributed by atoms with E-state index in [9.17, 15) is 4.79 Å². The van der Waals surface area contributed by atoms with Crippen LogP contribution in [0.3, 0.4) is 0 Å². The van der Waals surface area contributed by atoms with Crippen LogP contribution >= 0.6 is 0 Å². The smallest absolute Gasteiger partial charge is 0.306 e. The third-order valence-electron chi connectivity index (χ3n) is 3.25. The summed E-state index contributed by atoms with van der Waals surface area (Å²) in [6.45, 7) is 4.81. The van der Waals surface area contributed by atoms with Crippen LogP contribution < -0.4 is 4.74 Å². The van der Waals surface area contributed by atoms with Crippen molar-refractivity contribution in [3.63, 3.8) is 0 Å². The van der Waals surface area contributed by atoms with E-state index >= 15 is 0 Å². The summed E-state index contributed by atoms with van der Waals surface area (Å²) in [7, 11) is 0. The molecular weight excluding hydrogens is 216 g/mol. The van der Waals surface area contributed by atoms with E-state index in [-0.39, 0.29) is 11.8 Å². The van der Waals surface area contributed by atoms with Crippen LogP contribution in [-0.2, 0) is 4.79 Å². The highest BCUT2D eigenvalue weighted by Gasteiger charge is 2.43. The van der Waals surface area contributed by atoms with Crippen molar-refractivity contribution in [3.05, 3.63) is 29.8 Å². The average Bonchev–Trinajstić information content (AvgIpc) is 3.06. The Morgan fingerprint density at radius 2 is 2.06 bits per heavy atom. The molecular formula is C14H18O3. The number of carboxylic acids is 1. The van der Waals surface area contributed by atoms with E-state index in [1.54, 1.807) is 0 Å². The summed E-state index contributed by atoms with van der Waals surface area (Å²) in [5.41, 5.74) is 1.28. The molecule has 92 valence electrons. The van der Waals surface area contributed by atoms with Crippen LogP contribution in [0.1, 0.15) is 31.7 Å². The summed E-state index contributed by atoms with van der Waals surface area (Å²) in [5.74, 6) is 0.644. The van der Waals surface area contributed by atoms with Gasteiger partial charge in [-0.2, -0.15) is 0 Å². The molecule has 0 aliphatic heterocycles. The molecule has 2 rings (SSSR count).